The molecule has 1 aromatic heterocycles. The molecule has 0 saturated carbocycles. The Bertz CT molecular complexity index is 491. The Labute approximate surface area is 104 Å². The maximum absolute atomic E-state index is 5.21. The second-order valence-corrected chi connectivity index (χ2v) is 4.26. The van der Waals surface area contributed by atoms with Gasteiger partial charge in [-0.05, 0) is 12.1 Å². The van der Waals surface area contributed by atoms with E-state index in [1.807, 2.05) is 30.3 Å². The van der Waals surface area contributed by atoms with E-state index >= 15 is 0 Å². The lowest BCUT2D eigenvalue weighted by Gasteiger charge is -2.07. The molecule has 0 radical (unpaired) electrons. The lowest BCUT2D eigenvalue weighted by molar-refractivity contribution is 0.345. The molecular weight excluding hydrogens is 236 g/mol. The molecule has 2 rings (SSSR count). The minimum Gasteiger partial charge on any atom is -0.480 e. The fraction of sp³-hybridized carbons (Fsp3) is 0.167. The van der Waals surface area contributed by atoms with Gasteiger partial charge in [-0.15, -0.1) is 0 Å². The second kappa shape index (κ2) is 5.54. The zero-order chi connectivity index (χ0) is 12.1. The highest BCUT2D eigenvalue weighted by Crippen LogP contribution is 2.33. The van der Waals surface area contributed by atoms with Gasteiger partial charge in [0, 0.05) is 4.90 Å². The predicted molar refractivity (Wildman–Crippen MR) is 65.7 cm³/mol. The Kier molecular flexibility index (Phi) is 3.82. The van der Waals surface area contributed by atoms with Gasteiger partial charge in [0.1, 0.15) is 0 Å². The number of hydrogen-bond acceptors (Lipinski definition) is 5. The van der Waals surface area contributed by atoms with Crippen LogP contribution < -0.4 is 9.47 Å². The first kappa shape index (κ1) is 11.7. The number of nitrogens with zero attached hydrogens (tertiary/aromatic N) is 2. The zero-order valence-electron chi connectivity index (χ0n) is 9.58. The molecule has 0 N–H and O–H groups in total. The van der Waals surface area contributed by atoms with Crippen molar-refractivity contribution in [3.63, 3.8) is 0 Å². The first-order valence-electron chi connectivity index (χ1n) is 5.01. The topological polar surface area (TPSA) is 44.2 Å². The predicted octanol–water partition coefficient (Wildman–Crippen LogP) is 2.65. The van der Waals surface area contributed by atoms with Crippen molar-refractivity contribution in [3.05, 3.63) is 36.5 Å². The lowest BCUT2D eigenvalue weighted by Crippen LogP contribution is -1.96. The fourth-order valence-electron chi connectivity index (χ4n) is 1.27. The zero-order valence-corrected chi connectivity index (χ0v) is 10.4. The minimum atomic E-state index is 0.305. The highest BCUT2D eigenvalue weighted by Gasteiger charge is 2.09. The molecular formula is C12H12N2O2S. The number of rotatable bonds is 4. The molecule has 0 saturated heterocycles. The van der Waals surface area contributed by atoms with Gasteiger partial charge in [-0.25, -0.2) is 4.98 Å². The van der Waals surface area contributed by atoms with Gasteiger partial charge in [-0.1, -0.05) is 30.0 Å². The van der Waals surface area contributed by atoms with E-state index in [4.69, 9.17) is 9.47 Å². The van der Waals surface area contributed by atoms with Crippen LogP contribution in [0, 0.1) is 0 Å². The van der Waals surface area contributed by atoms with Crippen LogP contribution in [0.4, 0.5) is 0 Å². The van der Waals surface area contributed by atoms with Crippen molar-refractivity contribution in [2.75, 3.05) is 14.2 Å². The summed E-state index contributed by atoms with van der Waals surface area (Å²) >= 11 is 1.55. The number of benzene rings is 1. The highest BCUT2D eigenvalue weighted by molar-refractivity contribution is 7.99. The molecule has 0 bridgehead atoms. The molecule has 0 amide bonds. The van der Waals surface area contributed by atoms with Crippen molar-refractivity contribution < 1.29 is 9.47 Å². The molecule has 0 aliphatic heterocycles. The summed E-state index contributed by atoms with van der Waals surface area (Å²) in [5.41, 5.74) is 0. The van der Waals surface area contributed by atoms with Crippen molar-refractivity contribution in [1.29, 1.82) is 0 Å². The largest absolute Gasteiger partial charge is 0.480 e. The summed E-state index contributed by atoms with van der Waals surface area (Å²) in [5.74, 6) is 0.519. The molecule has 0 aliphatic carbocycles. The molecule has 1 aromatic carbocycles. The van der Waals surface area contributed by atoms with Crippen molar-refractivity contribution >= 4 is 11.8 Å². The van der Waals surface area contributed by atoms with Gasteiger partial charge >= 0.3 is 6.01 Å². The van der Waals surface area contributed by atoms with Crippen LogP contribution in [0.25, 0.3) is 0 Å². The van der Waals surface area contributed by atoms with E-state index in [0.717, 1.165) is 9.79 Å². The first-order valence-corrected chi connectivity index (χ1v) is 5.83. The smallest absolute Gasteiger partial charge is 0.319 e. The van der Waals surface area contributed by atoms with Crippen LogP contribution in [-0.2, 0) is 0 Å². The van der Waals surface area contributed by atoms with Gasteiger partial charge in [-0.2, -0.15) is 4.98 Å². The number of methoxy groups -OCH3 is 2. The van der Waals surface area contributed by atoms with E-state index in [-0.39, 0.29) is 0 Å². The van der Waals surface area contributed by atoms with Crippen LogP contribution in [0.5, 0.6) is 11.9 Å². The molecule has 1 heterocycles. The third kappa shape index (κ3) is 2.88. The molecule has 0 fully saturated rings. The maximum atomic E-state index is 5.21. The molecule has 2 aromatic rings. The van der Waals surface area contributed by atoms with Gasteiger partial charge in [0.2, 0.25) is 5.88 Å². The molecule has 4 nitrogen and oxygen atoms in total. The lowest BCUT2D eigenvalue weighted by atomic mass is 10.4. The van der Waals surface area contributed by atoms with Gasteiger partial charge in [-0.3, -0.25) is 0 Å². The summed E-state index contributed by atoms with van der Waals surface area (Å²) in [6, 6.07) is 10.3. The van der Waals surface area contributed by atoms with Crippen molar-refractivity contribution in [2.45, 2.75) is 9.79 Å². The van der Waals surface area contributed by atoms with Crippen LogP contribution in [-0.4, -0.2) is 24.2 Å². The quantitative estimate of drug-likeness (QED) is 0.832. The van der Waals surface area contributed by atoms with E-state index in [1.54, 1.807) is 25.1 Å². The minimum absolute atomic E-state index is 0.305. The molecule has 0 unspecified atom stereocenters. The average molecular weight is 248 g/mol. The summed E-state index contributed by atoms with van der Waals surface area (Å²) in [6.45, 7) is 0. The van der Waals surface area contributed by atoms with Crippen LogP contribution in [0.3, 0.4) is 0 Å². The summed E-state index contributed by atoms with van der Waals surface area (Å²) in [6.07, 6.45) is 1.70. The molecule has 88 valence electrons. The van der Waals surface area contributed by atoms with Crippen LogP contribution >= 0.6 is 11.8 Å². The van der Waals surface area contributed by atoms with Gasteiger partial charge in [0.15, 0.2) is 0 Å². The average Bonchev–Trinajstić information content (AvgIpc) is 2.40. The standard InChI is InChI=1S/C12H12N2O2S/c1-15-11-10(8-13-12(14-11)16-2)17-9-6-4-3-5-7-9/h3-8H,1-2H3. The third-order valence-electron chi connectivity index (χ3n) is 2.05. The number of hydrogen-bond donors (Lipinski definition) is 0. The summed E-state index contributed by atoms with van der Waals surface area (Å²) < 4.78 is 10.2. The Morgan fingerprint density at radius 1 is 1.06 bits per heavy atom. The van der Waals surface area contributed by atoms with E-state index < -0.39 is 0 Å². The number of ether oxygens (including phenoxy) is 2. The van der Waals surface area contributed by atoms with E-state index in [2.05, 4.69) is 9.97 Å². The Morgan fingerprint density at radius 3 is 2.47 bits per heavy atom. The molecule has 0 atom stereocenters. The number of aromatic nitrogens is 2. The van der Waals surface area contributed by atoms with Gasteiger partial charge in [0.05, 0.1) is 25.3 Å². The molecule has 0 aliphatic rings. The molecule has 5 heteroatoms. The van der Waals surface area contributed by atoms with Crippen LogP contribution in [0.15, 0.2) is 46.3 Å². The summed E-state index contributed by atoms with van der Waals surface area (Å²) in [7, 11) is 3.11. The van der Waals surface area contributed by atoms with Gasteiger partial charge in [0.25, 0.3) is 0 Å². The van der Waals surface area contributed by atoms with Crippen molar-refractivity contribution in [3.8, 4) is 11.9 Å². The van der Waals surface area contributed by atoms with E-state index in [0.29, 0.717) is 11.9 Å². The summed E-state index contributed by atoms with van der Waals surface area (Å²) in [4.78, 5) is 10.2. The van der Waals surface area contributed by atoms with Gasteiger partial charge < -0.3 is 9.47 Å². The molecule has 17 heavy (non-hydrogen) atoms. The fourth-order valence-corrected chi connectivity index (χ4v) is 2.14. The van der Waals surface area contributed by atoms with E-state index in [9.17, 15) is 0 Å². The van der Waals surface area contributed by atoms with E-state index in [1.165, 1.54) is 7.11 Å². The normalized spacial score (nSPS) is 10.0. The maximum Gasteiger partial charge on any atom is 0.319 e. The second-order valence-electron chi connectivity index (χ2n) is 3.15. The Hall–Kier alpha value is -1.75. The van der Waals surface area contributed by atoms with Crippen LogP contribution in [0.2, 0.25) is 0 Å². The monoisotopic (exact) mass is 248 g/mol. The van der Waals surface area contributed by atoms with Crippen molar-refractivity contribution in [1.82, 2.24) is 9.97 Å². The Balaban J connectivity index is 2.26. The first-order chi connectivity index (χ1) is 8.33. The highest BCUT2D eigenvalue weighted by atomic mass is 32.2. The third-order valence-corrected chi connectivity index (χ3v) is 3.05. The Morgan fingerprint density at radius 2 is 1.82 bits per heavy atom. The molecule has 0 spiro atoms. The van der Waals surface area contributed by atoms with Crippen LogP contribution in [0.1, 0.15) is 0 Å². The SMILES string of the molecule is COc1ncc(Sc2ccccc2)c(OC)n1. The summed E-state index contributed by atoms with van der Waals surface area (Å²) in [5, 5.41) is 0. The van der Waals surface area contributed by atoms with Crippen molar-refractivity contribution in [2.24, 2.45) is 0 Å².